The third-order valence-electron chi connectivity index (χ3n) is 8.82. The van der Waals surface area contributed by atoms with Crippen LogP contribution in [0.15, 0.2) is 42.5 Å². The van der Waals surface area contributed by atoms with Gasteiger partial charge < -0.3 is 25.3 Å². The molecule has 1 atom stereocenters. The van der Waals surface area contributed by atoms with E-state index in [1.807, 2.05) is 35.0 Å². The third-order valence-corrected chi connectivity index (χ3v) is 8.82. The van der Waals surface area contributed by atoms with Crippen molar-refractivity contribution in [3.05, 3.63) is 64.7 Å². The quantitative estimate of drug-likeness (QED) is 0.176. The fourth-order valence-corrected chi connectivity index (χ4v) is 6.22. The zero-order chi connectivity index (χ0) is 32.8. The van der Waals surface area contributed by atoms with Crippen LogP contribution in [0, 0.1) is 0 Å². The lowest BCUT2D eigenvalue weighted by atomic mass is 10.0. The number of piperazine rings is 1. The van der Waals surface area contributed by atoms with Crippen molar-refractivity contribution in [1.82, 2.24) is 25.3 Å². The smallest absolute Gasteiger partial charge is 0.254 e. The molecule has 0 radical (unpaired) electrons. The van der Waals surface area contributed by atoms with Crippen molar-refractivity contribution in [1.29, 1.82) is 0 Å². The zero-order valence-corrected chi connectivity index (χ0v) is 28.4. The molecule has 1 unspecified atom stereocenters. The molecule has 2 aromatic carbocycles. The second-order valence-electron chi connectivity index (χ2n) is 11.7. The van der Waals surface area contributed by atoms with Gasteiger partial charge in [-0.2, -0.15) is 0 Å². The van der Waals surface area contributed by atoms with Gasteiger partial charge in [-0.3, -0.25) is 24.1 Å². The molecule has 0 aromatic heterocycles. The summed E-state index contributed by atoms with van der Waals surface area (Å²) < 4.78 is 0. The summed E-state index contributed by atoms with van der Waals surface area (Å²) in [6.07, 6.45) is 4.80. The van der Waals surface area contributed by atoms with Gasteiger partial charge in [0.15, 0.2) is 0 Å². The fourth-order valence-electron chi connectivity index (χ4n) is 6.22. The van der Waals surface area contributed by atoms with E-state index in [1.54, 1.807) is 5.32 Å². The van der Waals surface area contributed by atoms with Crippen LogP contribution < -0.4 is 15.5 Å². The summed E-state index contributed by atoms with van der Waals surface area (Å²) in [7, 11) is 1.94. The number of anilines is 1. The molecule has 5 rings (SSSR count). The highest BCUT2D eigenvalue weighted by Gasteiger charge is 2.31. The number of thiol groups is 2. The van der Waals surface area contributed by atoms with E-state index >= 15 is 0 Å². The Hall–Kier alpha value is -3.06. The predicted molar refractivity (Wildman–Crippen MR) is 186 cm³/mol. The van der Waals surface area contributed by atoms with Crippen LogP contribution in [-0.2, 0) is 22.7 Å². The van der Waals surface area contributed by atoms with Crippen molar-refractivity contribution in [2.75, 3.05) is 51.2 Å². The first-order valence-electron chi connectivity index (χ1n) is 15.7. The Morgan fingerprint density at radius 3 is 2.27 bits per heavy atom. The zero-order valence-electron chi connectivity index (χ0n) is 26.7. The van der Waals surface area contributed by atoms with Gasteiger partial charge in [0.1, 0.15) is 0 Å². The van der Waals surface area contributed by atoms with Crippen LogP contribution in [-0.4, -0.2) is 97.7 Å². The van der Waals surface area contributed by atoms with E-state index in [-0.39, 0.29) is 17.9 Å². The number of piperidine rings is 1. The number of rotatable bonds is 10. The van der Waals surface area contributed by atoms with E-state index in [1.165, 1.54) is 16.8 Å². The van der Waals surface area contributed by atoms with Crippen molar-refractivity contribution in [2.45, 2.75) is 64.7 Å². The van der Waals surface area contributed by atoms with Crippen LogP contribution in [0.4, 0.5) is 5.69 Å². The molecule has 2 fully saturated rings. The topological polar surface area (TPSA) is 105 Å². The highest BCUT2D eigenvalue weighted by atomic mass is 33.1. The molecule has 0 aliphatic carbocycles. The first-order chi connectivity index (χ1) is 21.9. The third kappa shape index (κ3) is 9.96. The van der Waals surface area contributed by atoms with Crippen LogP contribution >= 0.6 is 23.3 Å². The highest BCUT2D eigenvalue weighted by Crippen LogP contribution is 2.30. The SMILES string of the molecule is CCCC(C)N1Cc2cc(N3CCN(Cc4ccc(C(=O)N(C)C5CCNCC5)cc4)CC3)ccc2C1=O.O=CNC=O.SS. The number of fused-ring (bicyclic) bond motifs is 1. The lowest BCUT2D eigenvalue weighted by molar-refractivity contribution is -0.117. The van der Waals surface area contributed by atoms with Gasteiger partial charge in [-0.1, -0.05) is 25.5 Å². The lowest BCUT2D eigenvalue weighted by Crippen LogP contribution is -2.46. The Balaban J connectivity index is 0.000000719. The monoisotopic (exact) mass is 656 g/mol. The second-order valence-corrected chi connectivity index (χ2v) is 11.7. The van der Waals surface area contributed by atoms with Gasteiger partial charge in [-0.15, -0.1) is 23.3 Å². The maximum absolute atomic E-state index is 13.0. The second kappa shape index (κ2) is 18.8. The molecule has 3 heterocycles. The minimum atomic E-state index is 0.121. The average molecular weight is 657 g/mol. The minimum Gasteiger partial charge on any atom is -0.369 e. The number of imide groups is 1. The van der Waals surface area contributed by atoms with Gasteiger partial charge in [0, 0.05) is 75.2 Å². The molecule has 2 aromatic rings. The number of benzene rings is 2. The van der Waals surface area contributed by atoms with Gasteiger partial charge >= 0.3 is 0 Å². The molecule has 0 saturated carbocycles. The van der Waals surface area contributed by atoms with Gasteiger partial charge in [-0.05, 0) is 80.7 Å². The predicted octanol–water partition coefficient (Wildman–Crippen LogP) is 3.63. The summed E-state index contributed by atoms with van der Waals surface area (Å²) in [5.74, 6) is 0.305. The number of amides is 4. The van der Waals surface area contributed by atoms with Crippen LogP contribution in [0.3, 0.4) is 0 Å². The van der Waals surface area contributed by atoms with Gasteiger partial charge in [0.25, 0.3) is 11.8 Å². The number of carbonyl (C=O) groups excluding carboxylic acids is 4. The lowest BCUT2D eigenvalue weighted by Gasteiger charge is -2.36. The van der Waals surface area contributed by atoms with Crippen LogP contribution in [0.5, 0.6) is 0 Å². The highest BCUT2D eigenvalue weighted by molar-refractivity contribution is 8.59. The van der Waals surface area contributed by atoms with E-state index in [0.717, 1.165) is 89.2 Å². The van der Waals surface area contributed by atoms with E-state index in [9.17, 15) is 9.59 Å². The Morgan fingerprint density at radius 1 is 1.04 bits per heavy atom. The molecular formula is C33H48N6O4S2. The molecule has 3 aliphatic heterocycles. The van der Waals surface area contributed by atoms with Crippen LogP contribution in [0.1, 0.15) is 71.4 Å². The van der Waals surface area contributed by atoms with E-state index < -0.39 is 0 Å². The van der Waals surface area contributed by atoms with Crippen LogP contribution in [0.2, 0.25) is 0 Å². The van der Waals surface area contributed by atoms with Crippen molar-refractivity contribution < 1.29 is 19.2 Å². The summed E-state index contributed by atoms with van der Waals surface area (Å²) in [5.41, 5.74) is 5.29. The summed E-state index contributed by atoms with van der Waals surface area (Å²) in [6, 6.07) is 15.2. The maximum Gasteiger partial charge on any atom is 0.254 e. The molecule has 246 valence electrons. The summed E-state index contributed by atoms with van der Waals surface area (Å²) in [5, 5.41) is 5.12. The Labute approximate surface area is 278 Å². The van der Waals surface area contributed by atoms with Gasteiger partial charge in [0.2, 0.25) is 12.8 Å². The average Bonchev–Trinajstić information content (AvgIpc) is 3.42. The van der Waals surface area contributed by atoms with Gasteiger partial charge in [0.05, 0.1) is 0 Å². The fraction of sp³-hybridized carbons (Fsp3) is 0.515. The molecule has 4 amide bonds. The van der Waals surface area contributed by atoms with Gasteiger partial charge in [-0.25, -0.2) is 0 Å². The number of hydrogen-bond donors (Lipinski definition) is 4. The molecule has 10 nitrogen and oxygen atoms in total. The molecule has 2 N–H and O–H groups in total. The summed E-state index contributed by atoms with van der Waals surface area (Å²) >= 11 is 6.44. The molecule has 0 spiro atoms. The van der Waals surface area contributed by atoms with Crippen LogP contribution in [0.25, 0.3) is 0 Å². The summed E-state index contributed by atoms with van der Waals surface area (Å²) in [4.78, 5) is 52.8. The number of nitrogens with zero attached hydrogens (tertiary/aromatic N) is 4. The van der Waals surface area contributed by atoms with Crippen molar-refractivity contribution in [3.63, 3.8) is 0 Å². The first kappa shape index (κ1) is 36.4. The Morgan fingerprint density at radius 2 is 1.69 bits per heavy atom. The Kier molecular flexibility index (Phi) is 15.2. The molecule has 3 aliphatic rings. The molecule has 2 saturated heterocycles. The number of carbonyl (C=O) groups is 4. The number of nitrogens with one attached hydrogen (secondary N) is 2. The first-order valence-corrected chi connectivity index (χ1v) is 17.3. The molecule has 45 heavy (non-hydrogen) atoms. The maximum atomic E-state index is 13.0. The Bertz CT molecular complexity index is 1240. The van der Waals surface area contributed by atoms with E-state index in [2.05, 4.69) is 76.6 Å². The standard InChI is InChI=1S/C31H43N5O2.C2H3NO2.H2S2/c1-4-5-23(2)36-22-26-20-28(10-11-29(26)31(36)38)35-18-16-34(17-19-35)21-24-6-8-25(9-7-24)30(37)33(3)27-12-14-32-15-13-27;4-1-3-2-5;1-2/h6-11,20,23,27,32H,4-5,12-19,21-22H2,1-3H3;1-2H,(H,3,4,5);1-2H. The molecular weight excluding hydrogens is 609 g/mol. The summed E-state index contributed by atoms with van der Waals surface area (Å²) in [6.45, 7) is 11.9. The van der Waals surface area contributed by atoms with Crippen molar-refractivity contribution in [2.24, 2.45) is 0 Å². The molecule has 0 bridgehead atoms. The largest absolute Gasteiger partial charge is 0.369 e. The minimum absolute atomic E-state index is 0.121. The van der Waals surface area contributed by atoms with Crippen molar-refractivity contribution in [3.8, 4) is 0 Å². The number of hydrogen-bond acceptors (Lipinski definition) is 9. The van der Waals surface area contributed by atoms with Crippen molar-refractivity contribution >= 4 is 53.6 Å². The molecule has 12 heteroatoms. The van der Waals surface area contributed by atoms with E-state index in [4.69, 9.17) is 9.59 Å². The van der Waals surface area contributed by atoms with E-state index in [0.29, 0.717) is 18.9 Å². The normalized spacial score (nSPS) is 17.2.